The fourth-order valence-electron chi connectivity index (χ4n) is 2.09. The topological polar surface area (TPSA) is 43.8 Å². The van der Waals surface area contributed by atoms with Crippen LogP contribution in [0.4, 0.5) is 5.82 Å². The SMILES string of the molecule is Cc1nc(-c2cc(Cl)ccc2Cl)c(N)n1C(C)C. The lowest BCUT2D eigenvalue weighted by Crippen LogP contribution is -2.07. The smallest absolute Gasteiger partial charge is 0.132 e. The minimum absolute atomic E-state index is 0.254. The van der Waals surface area contributed by atoms with Gasteiger partial charge < -0.3 is 10.3 Å². The van der Waals surface area contributed by atoms with E-state index in [1.54, 1.807) is 18.2 Å². The van der Waals surface area contributed by atoms with Gasteiger partial charge in [-0.15, -0.1) is 0 Å². The van der Waals surface area contributed by atoms with Crippen molar-refractivity contribution in [3.8, 4) is 11.3 Å². The molecule has 1 heterocycles. The Morgan fingerprint density at radius 1 is 1.28 bits per heavy atom. The van der Waals surface area contributed by atoms with E-state index >= 15 is 0 Å². The Kier molecular flexibility index (Phi) is 3.55. The molecule has 0 fully saturated rings. The molecule has 0 aliphatic carbocycles. The maximum Gasteiger partial charge on any atom is 0.132 e. The standard InChI is InChI=1S/C13H15Cl2N3/c1-7(2)18-8(3)17-12(13(18)16)10-6-9(14)4-5-11(10)15/h4-7H,16H2,1-3H3. The molecule has 96 valence electrons. The Morgan fingerprint density at radius 3 is 2.50 bits per heavy atom. The summed E-state index contributed by atoms with van der Waals surface area (Å²) in [6, 6.07) is 5.54. The Hall–Kier alpha value is -1.19. The predicted molar refractivity (Wildman–Crippen MR) is 77.2 cm³/mol. The average molecular weight is 284 g/mol. The van der Waals surface area contributed by atoms with E-state index < -0.39 is 0 Å². The second-order valence-corrected chi connectivity index (χ2v) is 5.32. The van der Waals surface area contributed by atoms with E-state index in [1.165, 1.54) is 0 Å². The van der Waals surface area contributed by atoms with E-state index in [0.29, 0.717) is 21.6 Å². The molecule has 1 aromatic carbocycles. The molecule has 5 heteroatoms. The summed E-state index contributed by atoms with van der Waals surface area (Å²) in [4.78, 5) is 4.50. The summed E-state index contributed by atoms with van der Waals surface area (Å²) in [5, 5.41) is 1.21. The van der Waals surface area contributed by atoms with E-state index in [9.17, 15) is 0 Å². The number of aromatic nitrogens is 2. The van der Waals surface area contributed by atoms with Crippen LogP contribution in [-0.2, 0) is 0 Å². The number of anilines is 1. The first kappa shape index (κ1) is 13.2. The quantitative estimate of drug-likeness (QED) is 0.892. The van der Waals surface area contributed by atoms with Gasteiger partial charge in [0.25, 0.3) is 0 Å². The number of rotatable bonds is 2. The third kappa shape index (κ3) is 2.20. The lowest BCUT2D eigenvalue weighted by atomic mass is 10.1. The highest BCUT2D eigenvalue weighted by Crippen LogP contribution is 2.35. The van der Waals surface area contributed by atoms with Crippen molar-refractivity contribution in [1.29, 1.82) is 0 Å². The number of benzene rings is 1. The van der Waals surface area contributed by atoms with Crippen LogP contribution in [0.25, 0.3) is 11.3 Å². The highest BCUT2D eigenvalue weighted by molar-refractivity contribution is 6.35. The third-order valence-electron chi connectivity index (χ3n) is 2.82. The number of halogens is 2. The molecule has 1 aromatic heterocycles. The maximum atomic E-state index is 6.18. The van der Waals surface area contributed by atoms with Crippen LogP contribution in [0.1, 0.15) is 25.7 Å². The summed E-state index contributed by atoms with van der Waals surface area (Å²) in [5.41, 5.74) is 7.61. The molecule has 2 rings (SSSR count). The molecule has 3 nitrogen and oxygen atoms in total. The number of aryl methyl sites for hydroxylation is 1. The summed E-state index contributed by atoms with van der Waals surface area (Å²) >= 11 is 12.2. The molecule has 0 radical (unpaired) electrons. The highest BCUT2D eigenvalue weighted by Gasteiger charge is 2.17. The van der Waals surface area contributed by atoms with Crippen molar-refractivity contribution in [2.24, 2.45) is 0 Å². The molecule has 2 N–H and O–H groups in total. The van der Waals surface area contributed by atoms with Crippen LogP contribution in [0.3, 0.4) is 0 Å². The van der Waals surface area contributed by atoms with Gasteiger partial charge in [-0.25, -0.2) is 4.98 Å². The van der Waals surface area contributed by atoms with Gasteiger partial charge in [0.05, 0.1) is 5.02 Å². The minimum Gasteiger partial charge on any atom is -0.383 e. The molecule has 18 heavy (non-hydrogen) atoms. The first-order valence-electron chi connectivity index (χ1n) is 5.71. The van der Waals surface area contributed by atoms with Crippen molar-refractivity contribution in [1.82, 2.24) is 9.55 Å². The Morgan fingerprint density at radius 2 is 1.94 bits per heavy atom. The number of nitrogens with two attached hydrogens (primary N) is 1. The van der Waals surface area contributed by atoms with Gasteiger partial charge in [-0.1, -0.05) is 23.2 Å². The van der Waals surface area contributed by atoms with Crippen molar-refractivity contribution in [3.05, 3.63) is 34.1 Å². The molecule has 0 atom stereocenters. The molecule has 2 aromatic rings. The van der Waals surface area contributed by atoms with E-state index in [0.717, 1.165) is 11.4 Å². The van der Waals surface area contributed by atoms with Crippen LogP contribution in [0.15, 0.2) is 18.2 Å². The summed E-state index contributed by atoms with van der Waals surface area (Å²) in [5.74, 6) is 1.49. The van der Waals surface area contributed by atoms with E-state index in [2.05, 4.69) is 18.8 Å². The zero-order valence-electron chi connectivity index (χ0n) is 10.5. The first-order valence-corrected chi connectivity index (χ1v) is 6.47. The molecular weight excluding hydrogens is 269 g/mol. The van der Waals surface area contributed by atoms with Gasteiger partial charge in [-0.05, 0) is 39.0 Å². The van der Waals surface area contributed by atoms with Gasteiger partial charge in [0.2, 0.25) is 0 Å². The number of imidazole rings is 1. The number of hydrogen-bond acceptors (Lipinski definition) is 2. The molecule has 0 spiro atoms. The molecular formula is C13H15Cl2N3. The van der Waals surface area contributed by atoms with Crippen LogP contribution < -0.4 is 5.73 Å². The largest absolute Gasteiger partial charge is 0.383 e. The molecule has 0 bridgehead atoms. The van der Waals surface area contributed by atoms with Gasteiger partial charge in [0, 0.05) is 16.6 Å². The van der Waals surface area contributed by atoms with E-state index in [1.807, 2.05) is 11.5 Å². The maximum absolute atomic E-state index is 6.18. The Bertz CT molecular complexity index is 588. The molecule has 0 unspecified atom stereocenters. The third-order valence-corrected chi connectivity index (χ3v) is 3.39. The van der Waals surface area contributed by atoms with Crippen molar-refractivity contribution in [2.45, 2.75) is 26.8 Å². The van der Waals surface area contributed by atoms with Crippen molar-refractivity contribution < 1.29 is 0 Å². The van der Waals surface area contributed by atoms with Crippen LogP contribution in [0.2, 0.25) is 10.0 Å². The molecule has 0 saturated heterocycles. The van der Waals surface area contributed by atoms with Crippen molar-refractivity contribution >= 4 is 29.0 Å². The lowest BCUT2D eigenvalue weighted by Gasteiger charge is -2.11. The van der Waals surface area contributed by atoms with Crippen molar-refractivity contribution in [2.75, 3.05) is 5.73 Å². The monoisotopic (exact) mass is 283 g/mol. The Labute approximate surface area is 117 Å². The predicted octanol–water partition coefficient (Wildman–Crippen LogP) is 4.33. The summed E-state index contributed by atoms with van der Waals surface area (Å²) in [6.45, 7) is 6.06. The average Bonchev–Trinajstić information content (AvgIpc) is 2.57. The molecule has 0 aliphatic heterocycles. The number of nitrogen functional groups attached to an aromatic ring is 1. The summed E-state index contributed by atoms with van der Waals surface area (Å²) in [6.07, 6.45) is 0. The second-order valence-electron chi connectivity index (χ2n) is 4.48. The number of hydrogen-bond donors (Lipinski definition) is 1. The van der Waals surface area contributed by atoms with Crippen LogP contribution in [0, 0.1) is 6.92 Å². The normalized spacial score (nSPS) is 11.2. The zero-order chi connectivity index (χ0) is 13.4. The van der Waals surface area contributed by atoms with Crippen LogP contribution >= 0.6 is 23.2 Å². The number of nitrogens with zero attached hydrogens (tertiary/aromatic N) is 2. The molecule has 0 saturated carbocycles. The van der Waals surface area contributed by atoms with Crippen LogP contribution in [0.5, 0.6) is 0 Å². The van der Waals surface area contributed by atoms with Gasteiger partial charge in [-0.3, -0.25) is 0 Å². The zero-order valence-corrected chi connectivity index (χ0v) is 12.0. The Balaban J connectivity index is 2.65. The first-order chi connectivity index (χ1) is 8.41. The van der Waals surface area contributed by atoms with E-state index in [4.69, 9.17) is 28.9 Å². The van der Waals surface area contributed by atoms with Gasteiger partial charge >= 0.3 is 0 Å². The van der Waals surface area contributed by atoms with E-state index in [-0.39, 0.29) is 6.04 Å². The van der Waals surface area contributed by atoms with Crippen molar-refractivity contribution in [3.63, 3.8) is 0 Å². The summed E-state index contributed by atoms with van der Waals surface area (Å²) < 4.78 is 1.98. The second kappa shape index (κ2) is 4.82. The van der Waals surface area contributed by atoms with Gasteiger partial charge in [0.1, 0.15) is 17.3 Å². The van der Waals surface area contributed by atoms with Gasteiger partial charge in [0.15, 0.2) is 0 Å². The highest BCUT2D eigenvalue weighted by atomic mass is 35.5. The fraction of sp³-hybridized carbons (Fsp3) is 0.308. The fourth-order valence-corrected chi connectivity index (χ4v) is 2.47. The van der Waals surface area contributed by atoms with Crippen LogP contribution in [-0.4, -0.2) is 9.55 Å². The molecule has 0 aliphatic rings. The van der Waals surface area contributed by atoms with Gasteiger partial charge in [-0.2, -0.15) is 0 Å². The lowest BCUT2D eigenvalue weighted by molar-refractivity contribution is 0.590. The minimum atomic E-state index is 0.254. The molecule has 0 amide bonds. The summed E-state index contributed by atoms with van der Waals surface area (Å²) in [7, 11) is 0.